The van der Waals surface area contributed by atoms with Crippen LogP contribution in [0.2, 0.25) is 0 Å². The summed E-state index contributed by atoms with van der Waals surface area (Å²) in [5.41, 5.74) is 5.40. The fourth-order valence-corrected chi connectivity index (χ4v) is 2.84. The van der Waals surface area contributed by atoms with Crippen molar-refractivity contribution in [1.29, 1.82) is 0 Å². The van der Waals surface area contributed by atoms with Crippen molar-refractivity contribution >= 4 is 27.2 Å². The molecule has 0 aromatic heterocycles. The number of nitrogens with zero attached hydrogens (tertiary/aromatic N) is 1. The molecule has 0 radical (unpaired) electrons. The molecule has 0 fully saturated rings. The second-order valence-electron chi connectivity index (χ2n) is 4.72. The monoisotopic (exact) mass is 252 g/mol. The molecule has 0 aliphatic carbocycles. The highest BCUT2D eigenvalue weighted by molar-refractivity contribution is 7.90. The van der Waals surface area contributed by atoms with Crippen LogP contribution in [0.1, 0.15) is 34.6 Å². The lowest BCUT2D eigenvalue weighted by Gasteiger charge is -2.32. The third-order valence-corrected chi connectivity index (χ3v) is 4.82. The van der Waals surface area contributed by atoms with Gasteiger partial charge >= 0.3 is 0 Å². The Balaban J connectivity index is 5.19. The summed E-state index contributed by atoms with van der Waals surface area (Å²) in [6.07, 6.45) is 0. The molecule has 0 aliphatic rings. The number of hydrogen-bond donors (Lipinski definition) is 1. The van der Waals surface area contributed by atoms with Gasteiger partial charge in [0.05, 0.1) is 16.3 Å². The topological polar surface area (TPSA) is 63.4 Å². The molecule has 2 N–H and O–H groups in total. The summed E-state index contributed by atoms with van der Waals surface area (Å²) in [6.45, 7) is 8.71. The molecule has 0 rings (SSSR count). The van der Waals surface area contributed by atoms with E-state index in [-0.39, 0.29) is 17.6 Å². The molecule has 0 aliphatic heterocycles. The van der Waals surface area contributed by atoms with Crippen LogP contribution in [-0.2, 0) is 10.0 Å². The Morgan fingerprint density at radius 1 is 1.40 bits per heavy atom. The first kappa shape index (κ1) is 14.8. The third kappa shape index (κ3) is 3.70. The zero-order chi connectivity index (χ0) is 12.4. The van der Waals surface area contributed by atoms with Crippen LogP contribution in [0.15, 0.2) is 0 Å². The summed E-state index contributed by atoms with van der Waals surface area (Å²) in [6, 6.07) is -0.143. The molecular formula is C9H20N2O2S2. The molecule has 0 saturated carbocycles. The van der Waals surface area contributed by atoms with E-state index in [1.165, 1.54) is 4.31 Å². The molecular weight excluding hydrogens is 232 g/mol. The van der Waals surface area contributed by atoms with Crippen molar-refractivity contribution in [3.05, 3.63) is 0 Å². The molecule has 0 amide bonds. The molecule has 0 saturated heterocycles. The van der Waals surface area contributed by atoms with Gasteiger partial charge in [0.25, 0.3) is 0 Å². The summed E-state index contributed by atoms with van der Waals surface area (Å²) in [5, 5.41) is 0. The maximum Gasteiger partial charge on any atom is 0.219 e. The van der Waals surface area contributed by atoms with E-state index < -0.39 is 14.8 Å². The summed E-state index contributed by atoms with van der Waals surface area (Å²) < 4.78 is 24.8. The Morgan fingerprint density at radius 3 is 2.00 bits per heavy atom. The van der Waals surface area contributed by atoms with Gasteiger partial charge in [0.2, 0.25) is 10.0 Å². The highest BCUT2D eigenvalue weighted by atomic mass is 32.2. The first-order chi connectivity index (χ1) is 6.50. The van der Waals surface area contributed by atoms with E-state index in [0.29, 0.717) is 0 Å². The van der Waals surface area contributed by atoms with Crippen LogP contribution in [0.3, 0.4) is 0 Å². The van der Waals surface area contributed by atoms with E-state index in [9.17, 15) is 8.42 Å². The van der Waals surface area contributed by atoms with E-state index in [1.54, 1.807) is 20.8 Å². The van der Waals surface area contributed by atoms with Crippen molar-refractivity contribution in [3.8, 4) is 0 Å². The van der Waals surface area contributed by atoms with Gasteiger partial charge in [-0.1, -0.05) is 12.2 Å². The maximum atomic E-state index is 12.1. The average Bonchev–Trinajstić information content (AvgIpc) is 1.96. The lowest BCUT2D eigenvalue weighted by atomic mass is 10.3. The van der Waals surface area contributed by atoms with E-state index in [0.717, 1.165) is 0 Å². The summed E-state index contributed by atoms with van der Waals surface area (Å²) in [5.74, 6) is 0. The Morgan fingerprint density at radius 2 is 1.80 bits per heavy atom. The standard InChI is InChI=1S/C9H20N2O2S2/c1-7(2)11(6-8(10)14)15(12,13)9(3,4)5/h7H,6H2,1-5H3,(H2,10,14). The molecule has 0 spiro atoms. The number of rotatable bonds is 4. The molecule has 6 heteroatoms. The van der Waals surface area contributed by atoms with Crippen molar-refractivity contribution in [1.82, 2.24) is 4.31 Å². The van der Waals surface area contributed by atoms with Crippen molar-refractivity contribution in [2.75, 3.05) is 6.54 Å². The fraction of sp³-hybridized carbons (Fsp3) is 0.889. The first-order valence-electron chi connectivity index (χ1n) is 4.80. The zero-order valence-electron chi connectivity index (χ0n) is 9.94. The van der Waals surface area contributed by atoms with Gasteiger partial charge in [0.15, 0.2) is 0 Å². The van der Waals surface area contributed by atoms with Gasteiger partial charge in [-0.05, 0) is 34.6 Å². The molecule has 0 aromatic rings. The van der Waals surface area contributed by atoms with E-state index in [1.807, 2.05) is 13.8 Å². The highest BCUT2D eigenvalue weighted by Crippen LogP contribution is 2.21. The average molecular weight is 252 g/mol. The van der Waals surface area contributed by atoms with Crippen molar-refractivity contribution in [2.45, 2.75) is 45.4 Å². The minimum atomic E-state index is -3.37. The van der Waals surface area contributed by atoms with Crippen LogP contribution in [0, 0.1) is 0 Å². The molecule has 90 valence electrons. The van der Waals surface area contributed by atoms with Gasteiger partial charge in [0.1, 0.15) is 0 Å². The molecule has 0 atom stereocenters. The largest absolute Gasteiger partial charge is 0.392 e. The Hall–Kier alpha value is -0.200. The van der Waals surface area contributed by atoms with Crippen molar-refractivity contribution in [3.63, 3.8) is 0 Å². The molecule has 0 aromatic carbocycles. The van der Waals surface area contributed by atoms with Gasteiger partial charge in [-0.2, -0.15) is 4.31 Å². The maximum absolute atomic E-state index is 12.1. The molecule has 0 bridgehead atoms. The first-order valence-corrected chi connectivity index (χ1v) is 6.64. The van der Waals surface area contributed by atoms with Crippen LogP contribution >= 0.6 is 12.2 Å². The quantitative estimate of drug-likeness (QED) is 0.761. The van der Waals surface area contributed by atoms with Gasteiger partial charge in [-0.3, -0.25) is 0 Å². The lowest BCUT2D eigenvalue weighted by Crippen LogP contribution is -2.49. The number of thiocarbonyl (C=S) groups is 1. The SMILES string of the molecule is CC(C)N(CC(N)=S)S(=O)(=O)C(C)(C)C. The van der Waals surface area contributed by atoms with Crippen molar-refractivity contribution < 1.29 is 8.42 Å². The minimum Gasteiger partial charge on any atom is -0.392 e. The Bertz CT molecular complexity index is 329. The number of nitrogens with two attached hydrogens (primary N) is 1. The fourth-order valence-electron chi connectivity index (χ4n) is 1.05. The van der Waals surface area contributed by atoms with Gasteiger partial charge in [-0.25, -0.2) is 8.42 Å². The molecule has 4 nitrogen and oxygen atoms in total. The predicted molar refractivity (Wildman–Crippen MR) is 67.3 cm³/mol. The molecule has 0 heterocycles. The zero-order valence-corrected chi connectivity index (χ0v) is 11.6. The lowest BCUT2D eigenvalue weighted by molar-refractivity contribution is 0.376. The summed E-state index contributed by atoms with van der Waals surface area (Å²) in [7, 11) is -3.37. The summed E-state index contributed by atoms with van der Waals surface area (Å²) >= 11 is 4.75. The predicted octanol–water partition coefficient (Wildman–Crippen LogP) is 1.11. The Labute approximate surface area is 97.9 Å². The highest BCUT2D eigenvalue weighted by Gasteiger charge is 2.36. The number of sulfonamides is 1. The van der Waals surface area contributed by atoms with E-state index >= 15 is 0 Å². The molecule has 15 heavy (non-hydrogen) atoms. The summed E-state index contributed by atoms with van der Waals surface area (Å²) in [4.78, 5) is 0.191. The van der Waals surface area contributed by atoms with Crippen LogP contribution in [-0.4, -0.2) is 35.0 Å². The second kappa shape index (κ2) is 4.76. The van der Waals surface area contributed by atoms with Crippen LogP contribution in [0.25, 0.3) is 0 Å². The van der Waals surface area contributed by atoms with E-state index in [4.69, 9.17) is 18.0 Å². The third-order valence-electron chi connectivity index (χ3n) is 1.97. The Kier molecular flexibility index (Phi) is 4.69. The second-order valence-corrected chi connectivity index (χ2v) is 7.89. The normalized spacial score (nSPS) is 13.5. The minimum absolute atomic E-state index is 0.104. The van der Waals surface area contributed by atoms with Crippen LogP contribution in [0.5, 0.6) is 0 Å². The molecule has 0 unspecified atom stereocenters. The van der Waals surface area contributed by atoms with Gasteiger partial charge in [0, 0.05) is 6.04 Å². The number of hydrogen-bond acceptors (Lipinski definition) is 3. The van der Waals surface area contributed by atoms with E-state index in [2.05, 4.69) is 0 Å². The van der Waals surface area contributed by atoms with Gasteiger partial charge < -0.3 is 5.73 Å². The van der Waals surface area contributed by atoms with Crippen molar-refractivity contribution in [2.24, 2.45) is 5.73 Å². The van der Waals surface area contributed by atoms with Gasteiger partial charge in [-0.15, -0.1) is 0 Å². The van der Waals surface area contributed by atoms with Crippen LogP contribution in [0.4, 0.5) is 0 Å². The van der Waals surface area contributed by atoms with Crippen LogP contribution < -0.4 is 5.73 Å². The smallest absolute Gasteiger partial charge is 0.219 e.